The summed E-state index contributed by atoms with van der Waals surface area (Å²) in [6.07, 6.45) is 0.655. The summed E-state index contributed by atoms with van der Waals surface area (Å²) in [7, 11) is 0. The van der Waals surface area contributed by atoms with E-state index in [1.807, 2.05) is 30.9 Å². The fourth-order valence-corrected chi connectivity index (χ4v) is 4.23. The second-order valence-electron chi connectivity index (χ2n) is 5.31. The molecule has 106 valence electrons. The van der Waals surface area contributed by atoms with Crippen LogP contribution in [0.15, 0.2) is 16.3 Å². The molecule has 0 bridgehead atoms. The number of hydrogen-bond donors (Lipinski definition) is 1. The van der Waals surface area contributed by atoms with Crippen LogP contribution in [0.3, 0.4) is 0 Å². The molecular weight excluding hydrogens is 278 g/mol. The van der Waals surface area contributed by atoms with Crippen molar-refractivity contribution in [2.75, 3.05) is 18.8 Å². The quantitative estimate of drug-likeness (QED) is 0.872. The van der Waals surface area contributed by atoms with E-state index in [2.05, 4.69) is 6.92 Å². The number of likely N-dealkylation sites (tertiary alicyclic amines) is 1. The first kappa shape index (κ1) is 14.9. The van der Waals surface area contributed by atoms with Gasteiger partial charge in [0, 0.05) is 19.0 Å². The highest BCUT2D eigenvalue weighted by Crippen LogP contribution is 2.31. The van der Waals surface area contributed by atoms with Gasteiger partial charge < -0.3 is 10.0 Å². The lowest BCUT2D eigenvalue weighted by atomic mass is 9.84. The fourth-order valence-electron chi connectivity index (χ4n) is 2.22. The van der Waals surface area contributed by atoms with Crippen molar-refractivity contribution in [3.63, 3.8) is 0 Å². The lowest BCUT2D eigenvalue weighted by Gasteiger charge is -2.40. The van der Waals surface area contributed by atoms with Crippen molar-refractivity contribution in [2.24, 2.45) is 5.92 Å². The maximum Gasteiger partial charge on any atom is 0.263 e. The van der Waals surface area contributed by atoms with E-state index in [-0.39, 0.29) is 11.8 Å². The largest absolute Gasteiger partial charge is 0.390 e. The van der Waals surface area contributed by atoms with E-state index in [1.165, 1.54) is 4.21 Å². The molecule has 1 aromatic rings. The molecule has 2 rings (SSSR count). The van der Waals surface area contributed by atoms with Gasteiger partial charge in [-0.05, 0) is 31.2 Å². The monoisotopic (exact) mass is 299 g/mol. The van der Waals surface area contributed by atoms with Crippen molar-refractivity contribution in [3.8, 4) is 0 Å². The predicted octanol–water partition coefficient (Wildman–Crippen LogP) is 3.09. The summed E-state index contributed by atoms with van der Waals surface area (Å²) < 4.78 is 1.20. The second-order valence-corrected chi connectivity index (χ2v) is 7.96. The number of carbonyl (C=O) groups is 1. The first-order valence-corrected chi connectivity index (χ1v) is 8.48. The molecule has 1 N–H and O–H groups in total. The Morgan fingerprint density at radius 2 is 2.37 bits per heavy atom. The normalized spacial score (nSPS) is 27.6. The minimum Gasteiger partial charge on any atom is -0.390 e. The van der Waals surface area contributed by atoms with E-state index in [0.29, 0.717) is 19.5 Å². The maximum absolute atomic E-state index is 12.4. The van der Waals surface area contributed by atoms with E-state index >= 15 is 0 Å². The maximum atomic E-state index is 12.4. The lowest BCUT2D eigenvalue weighted by Crippen LogP contribution is -2.50. The molecule has 0 spiro atoms. The third-order valence-corrected chi connectivity index (χ3v) is 5.99. The summed E-state index contributed by atoms with van der Waals surface area (Å²) in [5.41, 5.74) is -0.643. The Morgan fingerprint density at radius 1 is 1.63 bits per heavy atom. The Bertz CT molecular complexity index is 456. The van der Waals surface area contributed by atoms with Crippen LogP contribution >= 0.6 is 23.1 Å². The van der Waals surface area contributed by atoms with E-state index < -0.39 is 5.60 Å². The Kier molecular flexibility index (Phi) is 4.58. The number of thioether (sulfide) groups is 1. The van der Waals surface area contributed by atoms with E-state index in [1.54, 1.807) is 23.1 Å². The Hall–Kier alpha value is -0.520. The van der Waals surface area contributed by atoms with E-state index in [4.69, 9.17) is 0 Å². The minimum absolute atomic E-state index is 0.107. The lowest BCUT2D eigenvalue weighted by molar-refractivity contribution is -0.0438. The van der Waals surface area contributed by atoms with Crippen LogP contribution in [-0.2, 0) is 0 Å². The van der Waals surface area contributed by atoms with Crippen LogP contribution in [0.4, 0.5) is 0 Å². The molecule has 1 amide bonds. The summed E-state index contributed by atoms with van der Waals surface area (Å²) in [5.74, 6) is 1.25. The minimum atomic E-state index is -0.643. The summed E-state index contributed by atoms with van der Waals surface area (Å²) in [6.45, 7) is 7.26. The zero-order chi connectivity index (χ0) is 14.0. The molecule has 1 aliphatic heterocycles. The molecule has 2 unspecified atom stereocenters. The highest BCUT2D eigenvalue weighted by molar-refractivity contribution is 8.01. The summed E-state index contributed by atoms with van der Waals surface area (Å²) >= 11 is 3.34. The molecule has 0 aliphatic carbocycles. The van der Waals surface area contributed by atoms with Crippen molar-refractivity contribution in [3.05, 3.63) is 17.0 Å². The van der Waals surface area contributed by atoms with Gasteiger partial charge in [-0.25, -0.2) is 0 Å². The van der Waals surface area contributed by atoms with Crippen molar-refractivity contribution in [2.45, 2.75) is 37.0 Å². The Balaban J connectivity index is 2.03. The van der Waals surface area contributed by atoms with Crippen LogP contribution in [0, 0.1) is 5.92 Å². The van der Waals surface area contributed by atoms with Gasteiger partial charge >= 0.3 is 0 Å². The molecule has 5 heteroatoms. The van der Waals surface area contributed by atoms with Gasteiger partial charge in [-0.1, -0.05) is 13.8 Å². The molecule has 0 aromatic carbocycles. The topological polar surface area (TPSA) is 40.5 Å². The van der Waals surface area contributed by atoms with Crippen LogP contribution in [0.1, 0.15) is 36.9 Å². The van der Waals surface area contributed by atoms with Crippen LogP contribution < -0.4 is 0 Å². The molecule has 1 aromatic heterocycles. The van der Waals surface area contributed by atoms with Crippen molar-refractivity contribution < 1.29 is 9.90 Å². The molecule has 19 heavy (non-hydrogen) atoms. The molecule has 2 heterocycles. The summed E-state index contributed by atoms with van der Waals surface area (Å²) in [5, 5.41) is 10.1. The second kappa shape index (κ2) is 5.85. The third kappa shape index (κ3) is 3.33. The van der Waals surface area contributed by atoms with E-state index in [9.17, 15) is 9.90 Å². The van der Waals surface area contributed by atoms with Gasteiger partial charge in [0.25, 0.3) is 5.91 Å². The van der Waals surface area contributed by atoms with Gasteiger partial charge in [-0.3, -0.25) is 4.79 Å². The SMILES string of the molecule is CCSc1ccc(C(=O)N2CCC(C)(O)C(C)C2)s1. The zero-order valence-electron chi connectivity index (χ0n) is 11.7. The van der Waals surface area contributed by atoms with Gasteiger partial charge in [-0.15, -0.1) is 23.1 Å². The number of thiophene rings is 1. The van der Waals surface area contributed by atoms with Crippen LogP contribution in [-0.4, -0.2) is 40.4 Å². The Morgan fingerprint density at radius 3 is 3.00 bits per heavy atom. The van der Waals surface area contributed by atoms with Gasteiger partial charge in [0.2, 0.25) is 0 Å². The fraction of sp³-hybridized carbons (Fsp3) is 0.643. The number of carbonyl (C=O) groups excluding carboxylic acids is 1. The number of rotatable bonds is 3. The average Bonchev–Trinajstić information content (AvgIpc) is 2.81. The number of nitrogens with zero attached hydrogens (tertiary/aromatic N) is 1. The molecule has 1 saturated heterocycles. The number of aliphatic hydroxyl groups is 1. The molecule has 0 radical (unpaired) electrons. The molecule has 2 atom stereocenters. The number of amides is 1. The van der Waals surface area contributed by atoms with E-state index in [0.717, 1.165) is 10.6 Å². The van der Waals surface area contributed by atoms with Crippen LogP contribution in [0.25, 0.3) is 0 Å². The smallest absolute Gasteiger partial charge is 0.263 e. The van der Waals surface area contributed by atoms with Gasteiger partial charge in [-0.2, -0.15) is 0 Å². The third-order valence-electron chi connectivity index (χ3n) is 3.81. The molecule has 1 aliphatic rings. The van der Waals surface area contributed by atoms with Crippen molar-refractivity contribution >= 4 is 29.0 Å². The van der Waals surface area contributed by atoms with Crippen molar-refractivity contribution in [1.82, 2.24) is 4.90 Å². The highest BCUT2D eigenvalue weighted by atomic mass is 32.2. The summed E-state index contributed by atoms with van der Waals surface area (Å²) in [4.78, 5) is 15.1. The molecular formula is C14H21NO2S2. The van der Waals surface area contributed by atoms with Gasteiger partial charge in [0.05, 0.1) is 14.7 Å². The Labute approximate surface area is 123 Å². The van der Waals surface area contributed by atoms with Gasteiger partial charge in [0.15, 0.2) is 0 Å². The van der Waals surface area contributed by atoms with Crippen LogP contribution in [0.5, 0.6) is 0 Å². The first-order chi connectivity index (χ1) is 8.94. The molecule has 1 fully saturated rings. The molecule has 3 nitrogen and oxygen atoms in total. The van der Waals surface area contributed by atoms with Gasteiger partial charge in [0.1, 0.15) is 0 Å². The number of piperidine rings is 1. The average molecular weight is 299 g/mol. The van der Waals surface area contributed by atoms with Crippen molar-refractivity contribution in [1.29, 1.82) is 0 Å². The zero-order valence-corrected chi connectivity index (χ0v) is 13.3. The predicted molar refractivity (Wildman–Crippen MR) is 81.0 cm³/mol. The number of hydrogen-bond acceptors (Lipinski definition) is 4. The molecule has 0 saturated carbocycles. The standard InChI is InChI=1S/C14H21NO2S2/c1-4-18-12-6-5-11(19-12)13(16)15-8-7-14(3,17)10(2)9-15/h5-6,10,17H,4,7-9H2,1-3H3. The summed E-state index contributed by atoms with van der Waals surface area (Å²) in [6, 6.07) is 3.94. The highest BCUT2D eigenvalue weighted by Gasteiger charge is 2.36. The van der Waals surface area contributed by atoms with Crippen LogP contribution in [0.2, 0.25) is 0 Å². The first-order valence-electron chi connectivity index (χ1n) is 6.68.